The smallest absolute Gasteiger partial charge is 0.447 e. The molecule has 2 heterocycles. The monoisotopic (exact) mass is 573 g/mol. The average Bonchev–Trinajstić information content (AvgIpc) is 3.32. The quantitative estimate of drug-likeness (QED) is 0.203. The summed E-state index contributed by atoms with van der Waals surface area (Å²) in [5.74, 6) is -2.27. The molecule has 1 unspecified atom stereocenters. The van der Waals surface area contributed by atoms with Gasteiger partial charge in [-0.25, -0.2) is 14.2 Å². The van der Waals surface area contributed by atoms with E-state index < -0.39 is 52.9 Å². The van der Waals surface area contributed by atoms with E-state index in [4.69, 9.17) is 18.6 Å². The topological polar surface area (TPSA) is 165 Å². The third-order valence-electron chi connectivity index (χ3n) is 5.65. The van der Waals surface area contributed by atoms with Gasteiger partial charge in [-0.2, -0.15) is 0 Å². The van der Waals surface area contributed by atoms with E-state index in [1.165, 1.54) is 45.2 Å². The van der Waals surface area contributed by atoms with Crippen LogP contribution in [0.4, 0.5) is 9.18 Å². The number of halogens is 1. The van der Waals surface area contributed by atoms with Gasteiger partial charge in [-0.3, -0.25) is 19.0 Å². The Bertz CT molecular complexity index is 1480. The molecule has 3 rings (SSSR count). The fraction of sp³-hybridized carbons (Fsp3) is 0.444. The van der Waals surface area contributed by atoms with Crippen LogP contribution < -0.4 is 15.6 Å². The highest BCUT2D eigenvalue weighted by Gasteiger charge is 2.33. The third-order valence-corrected chi connectivity index (χ3v) is 5.65. The number of amides is 1. The van der Waals surface area contributed by atoms with Crippen molar-refractivity contribution in [1.82, 2.24) is 25.1 Å². The zero-order chi connectivity index (χ0) is 30.5. The van der Waals surface area contributed by atoms with Gasteiger partial charge < -0.3 is 23.9 Å². The van der Waals surface area contributed by atoms with E-state index in [0.717, 1.165) is 4.57 Å². The molecule has 0 radical (unpaired) electrons. The summed E-state index contributed by atoms with van der Waals surface area (Å²) in [5.41, 5.74) is -1.75. The number of hydrogen-bond donors (Lipinski definition) is 1. The maximum atomic E-state index is 13.5. The number of carbonyl (C=O) groups excluding carboxylic acids is 3. The van der Waals surface area contributed by atoms with E-state index in [2.05, 4.69) is 20.5 Å². The second-order valence-corrected chi connectivity index (χ2v) is 9.95. The Balaban J connectivity index is 1.98. The Morgan fingerprint density at radius 1 is 1.10 bits per heavy atom. The van der Waals surface area contributed by atoms with Crippen LogP contribution in [0.5, 0.6) is 5.75 Å². The van der Waals surface area contributed by atoms with Crippen molar-refractivity contribution in [3.05, 3.63) is 69.3 Å². The molecule has 0 fully saturated rings. The van der Waals surface area contributed by atoms with E-state index in [1.54, 1.807) is 27.7 Å². The molecular weight excluding hydrogens is 541 g/mol. The molecule has 1 N–H and O–H groups in total. The second kappa shape index (κ2) is 12.7. The summed E-state index contributed by atoms with van der Waals surface area (Å²) in [6.45, 7) is 9.26. The van der Waals surface area contributed by atoms with Crippen molar-refractivity contribution in [2.45, 2.75) is 72.3 Å². The average molecular weight is 574 g/mol. The largest absolute Gasteiger partial charge is 0.511 e. The van der Waals surface area contributed by atoms with Gasteiger partial charge in [-0.1, -0.05) is 12.1 Å². The zero-order valence-electron chi connectivity index (χ0n) is 23.8. The van der Waals surface area contributed by atoms with Crippen molar-refractivity contribution in [1.29, 1.82) is 0 Å². The standard InChI is InChI=1S/C27H32FN5O8/c1-14(2)38-26(37)41-16(4)40-21-20(19(34)13-10-17-8-11-18(28)12-9-17)29-25(33(7)24(21)36)27(5,6)30-22(35)23-32-31-15(3)39-23/h8-9,11-12,14,16H,10,13H2,1-7H3,(H,30,35). The lowest BCUT2D eigenvalue weighted by atomic mass is 10.0. The van der Waals surface area contributed by atoms with Crippen molar-refractivity contribution in [3.63, 3.8) is 0 Å². The molecule has 3 aromatic rings. The predicted octanol–water partition coefficient (Wildman–Crippen LogP) is 3.38. The Kier molecular flexibility index (Phi) is 9.58. The van der Waals surface area contributed by atoms with Crippen LogP contribution in [0.25, 0.3) is 0 Å². The number of benzene rings is 1. The Morgan fingerprint density at radius 2 is 1.76 bits per heavy atom. The number of ether oxygens (including phenoxy) is 3. The van der Waals surface area contributed by atoms with E-state index in [9.17, 15) is 23.6 Å². The first-order valence-electron chi connectivity index (χ1n) is 12.7. The Hall–Kier alpha value is -4.62. The molecule has 1 atom stereocenters. The highest BCUT2D eigenvalue weighted by molar-refractivity contribution is 5.97. The minimum Gasteiger partial charge on any atom is -0.447 e. The van der Waals surface area contributed by atoms with E-state index in [0.29, 0.717) is 5.56 Å². The molecule has 41 heavy (non-hydrogen) atoms. The normalized spacial score (nSPS) is 12.1. The summed E-state index contributed by atoms with van der Waals surface area (Å²) in [7, 11) is 1.38. The summed E-state index contributed by atoms with van der Waals surface area (Å²) in [5, 5.41) is 9.99. The second-order valence-electron chi connectivity index (χ2n) is 9.95. The van der Waals surface area contributed by atoms with Gasteiger partial charge in [0.2, 0.25) is 17.9 Å². The van der Waals surface area contributed by atoms with E-state index in [-0.39, 0.29) is 36.1 Å². The number of aromatic nitrogens is 4. The van der Waals surface area contributed by atoms with Crippen molar-refractivity contribution >= 4 is 17.8 Å². The Morgan fingerprint density at radius 3 is 2.34 bits per heavy atom. The molecule has 0 saturated heterocycles. The molecule has 1 aromatic carbocycles. The van der Waals surface area contributed by atoms with Gasteiger partial charge in [-0.15, -0.1) is 10.2 Å². The molecule has 1 amide bonds. The van der Waals surface area contributed by atoms with Crippen LogP contribution in [-0.4, -0.2) is 50.0 Å². The molecular formula is C27H32FN5O8. The van der Waals surface area contributed by atoms with Crippen molar-refractivity contribution in [2.75, 3.05) is 0 Å². The SMILES string of the molecule is Cc1nnc(C(=O)NC(C)(C)c2nc(C(=O)CCc3ccc(F)cc3)c(OC(C)OC(=O)OC(C)C)c(=O)n2C)o1. The summed E-state index contributed by atoms with van der Waals surface area (Å²) in [6, 6.07) is 5.62. The van der Waals surface area contributed by atoms with Crippen molar-refractivity contribution in [3.8, 4) is 5.75 Å². The van der Waals surface area contributed by atoms with Crippen molar-refractivity contribution < 1.29 is 37.4 Å². The van der Waals surface area contributed by atoms with E-state index >= 15 is 0 Å². The minimum atomic E-state index is -1.32. The first-order chi connectivity index (χ1) is 19.2. The lowest BCUT2D eigenvalue weighted by Crippen LogP contribution is -2.46. The molecule has 2 aromatic heterocycles. The lowest BCUT2D eigenvalue weighted by Gasteiger charge is -2.28. The van der Waals surface area contributed by atoms with Gasteiger partial charge in [0.1, 0.15) is 11.6 Å². The van der Waals surface area contributed by atoms with Gasteiger partial charge in [0.15, 0.2) is 11.5 Å². The number of nitrogens with zero attached hydrogens (tertiary/aromatic N) is 4. The number of carbonyl (C=O) groups is 3. The molecule has 0 aliphatic rings. The van der Waals surface area contributed by atoms with Crippen LogP contribution >= 0.6 is 0 Å². The maximum Gasteiger partial charge on any atom is 0.511 e. The highest BCUT2D eigenvalue weighted by atomic mass is 19.1. The van der Waals surface area contributed by atoms with Crippen LogP contribution in [0, 0.1) is 12.7 Å². The molecule has 0 bridgehead atoms. The van der Waals surface area contributed by atoms with Crippen LogP contribution in [0.2, 0.25) is 0 Å². The van der Waals surface area contributed by atoms with Crippen molar-refractivity contribution in [2.24, 2.45) is 7.05 Å². The Labute approximate surface area is 235 Å². The number of nitrogens with one attached hydrogen (secondary N) is 1. The van der Waals surface area contributed by atoms with Gasteiger partial charge in [0.25, 0.3) is 5.56 Å². The number of rotatable bonds is 11. The molecule has 13 nitrogen and oxygen atoms in total. The van der Waals surface area contributed by atoms with Crippen LogP contribution in [0.3, 0.4) is 0 Å². The van der Waals surface area contributed by atoms with Gasteiger partial charge >= 0.3 is 18.0 Å². The summed E-state index contributed by atoms with van der Waals surface area (Å²) in [4.78, 5) is 56.1. The molecule has 14 heteroatoms. The number of Topliss-reactive ketones (excluding diaryl/α,β-unsaturated/α-hetero) is 1. The predicted molar refractivity (Wildman–Crippen MR) is 141 cm³/mol. The van der Waals surface area contributed by atoms with Crippen LogP contribution in [0.15, 0.2) is 33.5 Å². The third kappa shape index (κ3) is 7.96. The fourth-order valence-corrected chi connectivity index (χ4v) is 3.79. The number of hydrogen-bond acceptors (Lipinski definition) is 11. The van der Waals surface area contributed by atoms with E-state index in [1.807, 2.05) is 0 Å². The summed E-state index contributed by atoms with van der Waals surface area (Å²) < 4.78 is 35.2. The van der Waals surface area contributed by atoms with Crippen LogP contribution in [0.1, 0.15) is 79.5 Å². The molecule has 220 valence electrons. The maximum absolute atomic E-state index is 13.5. The summed E-state index contributed by atoms with van der Waals surface area (Å²) in [6.07, 6.45) is -2.70. The molecule has 0 spiro atoms. The molecule has 0 aliphatic carbocycles. The first-order valence-corrected chi connectivity index (χ1v) is 12.7. The first kappa shape index (κ1) is 30.9. The van der Waals surface area contributed by atoms with Gasteiger partial charge in [0.05, 0.1) is 11.6 Å². The number of aryl methyl sites for hydroxylation is 2. The van der Waals surface area contributed by atoms with Gasteiger partial charge in [-0.05, 0) is 51.8 Å². The highest BCUT2D eigenvalue weighted by Crippen LogP contribution is 2.23. The lowest BCUT2D eigenvalue weighted by molar-refractivity contribution is -0.0616. The minimum absolute atomic E-state index is 0.0114. The molecule has 0 aliphatic heterocycles. The number of ketones is 1. The summed E-state index contributed by atoms with van der Waals surface area (Å²) >= 11 is 0. The zero-order valence-corrected chi connectivity index (χ0v) is 23.8. The van der Waals surface area contributed by atoms with Gasteiger partial charge in [0, 0.05) is 27.3 Å². The van der Waals surface area contributed by atoms with Crippen LogP contribution in [-0.2, 0) is 28.5 Å². The fourth-order valence-electron chi connectivity index (χ4n) is 3.79. The molecule has 0 saturated carbocycles.